The van der Waals surface area contributed by atoms with Gasteiger partial charge in [-0.25, -0.2) is 4.79 Å². The number of thioether (sulfide) groups is 1. The smallest absolute Gasteiger partial charge is 0.407 e. The molecular formula is C36H45N3O5S. The van der Waals surface area contributed by atoms with Crippen molar-refractivity contribution in [1.82, 2.24) is 15.5 Å². The van der Waals surface area contributed by atoms with Gasteiger partial charge in [0.05, 0.1) is 11.9 Å². The normalized spacial score (nSPS) is 17.3. The molecule has 9 heteroatoms. The number of ether oxygens (including phenoxy) is 1. The minimum atomic E-state index is -1.61. The number of rotatable bonds is 10. The molecule has 8 nitrogen and oxygen atoms in total. The van der Waals surface area contributed by atoms with E-state index in [9.17, 15) is 19.5 Å². The van der Waals surface area contributed by atoms with Crippen molar-refractivity contribution in [3.63, 3.8) is 0 Å². The van der Waals surface area contributed by atoms with Gasteiger partial charge in [-0.1, -0.05) is 99.6 Å². The van der Waals surface area contributed by atoms with E-state index in [1.165, 1.54) is 22.2 Å². The van der Waals surface area contributed by atoms with Crippen LogP contribution in [0.15, 0.2) is 78.9 Å². The summed E-state index contributed by atoms with van der Waals surface area (Å²) in [6.07, 6.45) is -2.16. The fourth-order valence-corrected chi connectivity index (χ4v) is 6.54. The van der Waals surface area contributed by atoms with E-state index >= 15 is 0 Å². The Morgan fingerprint density at radius 1 is 0.978 bits per heavy atom. The van der Waals surface area contributed by atoms with Crippen LogP contribution in [0.3, 0.4) is 0 Å². The number of nitrogens with one attached hydrogen (secondary N) is 2. The zero-order valence-corrected chi connectivity index (χ0v) is 27.8. The van der Waals surface area contributed by atoms with Crippen LogP contribution in [0.4, 0.5) is 4.79 Å². The first-order chi connectivity index (χ1) is 21.3. The minimum absolute atomic E-state index is 0.00772. The van der Waals surface area contributed by atoms with Gasteiger partial charge in [0.1, 0.15) is 12.6 Å². The monoisotopic (exact) mass is 631 g/mol. The molecule has 1 fully saturated rings. The molecule has 0 aliphatic carbocycles. The molecule has 1 heterocycles. The summed E-state index contributed by atoms with van der Waals surface area (Å²) in [5, 5.41) is 17.2. The molecule has 0 aromatic heterocycles. The van der Waals surface area contributed by atoms with Crippen LogP contribution in [0.2, 0.25) is 0 Å². The highest BCUT2D eigenvalue weighted by Crippen LogP contribution is 2.40. The summed E-state index contributed by atoms with van der Waals surface area (Å²) < 4.78 is 4.91. The molecule has 1 aliphatic heterocycles. The van der Waals surface area contributed by atoms with E-state index < -0.39 is 34.9 Å². The molecule has 0 spiro atoms. The number of carbonyl (C=O) groups is 3. The van der Waals surface area contributed by atoms with Crippen molar-refractivity contribution >= 4 is 29.7 Å². The molecule has 0 saturated carbocycles. The van der Waals surface area contributed by atoms with Gasteiger partial charge in [-0.3, -0.25) is 9.59 Å². The van der Waals surface area contributed by atoms with Crippen molar-refractivity contribution in [2.45, 2.75) is 89.5 Å². The highest BCUT2D eigenvalue weighted by Gasteiger charge is 2.49. The van der Waals surface area contributed by atoms with Crippen LogP contribution < -0.4 is 10.6 Å². The number of benzene rings is 3. The van der Waals surface area contributed by atoms with E-state index in [0.717, 1.165) is 22.3 Å². The molecule has 3 amide bonds. The number of alkyl carbamates (subject to hydrolysis) is 1. The van der Waals surface area contributed by atoms with Crippen LogP contribution >= 0.6 is 11.8 Å². The Morgan fingerprint density at radius 3 is 2.27 bits per heavy atom. The van der Waals surface area contributed by atoms with Crippen molar-refractivity contribution < 1.29 is 24.2 Å². The number of amides is 3. The van der Waals surface area contributed by atoms with Crippen LogP contribution in [-0.4, -0.2) is 56.7 Å². The largest absolute Gasteiger partial charge is 0.445 e. The highest BCUT2D eigenvalue weighted by molar-refractivity contribution is 8.00. The van der Waals surface area contributed by atoms with Gasteiger partial charge in [0.15, 0.2) is 6.10 Å². The second kappa shape index (κ2) is 14.5. The SMILES string of the molecule is Cc1ccccc1CNC(=O)C1N(C(=O)C(O)C(Cc2ccccc2)NC(=O)OCc2ccc(C(C)(C)C)cc2)CSC1(C)C. The molecule has 0 radical (unpaired) electrons. The third-order valence-corrected chi connectivity index (χ3v) is 9.59. The number of nitrogens with zero attached hydrogens (tertiary/aromatic N) is 1. The predicted octanol–water partition coefficient (Wildman–Crippen LogP) is 5.49. The summed E-state index contributed by atoms with van der Waals surface area (Å²) in [5.74, 6) is -0.681. The highest BCUT2D eigenvalue weighted by atomic mass is 32.2. The lowest BCUT2D eigenvalue weighted by atomic mass is 9.87. The van der Waals surface area contributed by atoms with Crippen molar-refractivity contribution in [3.8, 4) is 0 Å². The zero-order chi connectivity index (χ0) is 32.8. The van der Waals surface area contributed by atoms with Crippen molar-refractivity contribution in [1.29, 1.82) is 0 Å². The minimum Gasteiger partial charge on any atom is -0.445 e. The Morgan fingerprint density at radius 2 is 1.62 bits per heavy atom. The molecule has 3 unspecified atom stereocenters. The summed E-state index contributed by atoms with van der Waals surface area (Å²) >= 11 is 1.47. The van der Waals surface area contributed by atoms with E-state index in [1.54, 1.807) is 0 Å². The fourth-order valence-electron chi connectivity index (χ4n) is 5.39. The molecule has 0 bridgehead atoms. The quantitative estimate of drug-likeness (QED) is 0.273. The van der Waals surface area contributed by atoms with Gasteiger partial charge in [0.25, 0.3) is 5.91 Å². The lowest BCUT2D eigenvalue weighted by Crippen LogP contribution is -2.58. The standard InChI is InChI=1S/C36H45N3O5S/c1-24-12-10-11-15-27(24)21-37-32(41)31-36(5,6)45-23-39(31)33(42)30(40)29(20-25-13-8-7-9-14-25)38-34(43)44-22-26-16-18-28(19-17-26)35(2,3)4/h7-19,29-31,40H,20-23H2,1-6H3,(H,37,41)(H,38,43). The predicted molar refractivity (Wildman–Crippen MR) is 179 cm³/mol. The molecule has 4 rings (SSSR count). The van der Waals surface area contributed by atoms with E-state index in [-0.39, 0.29) is 30.2 Å². The third-order valence-electron chi connectivity index (χ3n) is 8.22. The average Bonchev–Trinajstić information content (AvgIpc) is 3.33. The van der Waals surface area contributed by atoms with Gasteiger partial charge in [-0.2, -0.15) is 0 Å². The van der Waals surface area contributed by atoms with E-state index in [0.29, 0.717) is 6.54 Å². The lowest BCUT2D eigenvalue weighted by Gasteiger charge is -2.33. The maximum atomic E-state index is 13.9. The summed E-state index contributed by atoms with van der Waals surface area (Å²) in [6.45, 7) is 12.6. The number of aliphatic hydroxyl groups is 1. The number of aliphatic hydroxyl groups excluding tert-OH is 1. The third kappa shape index (κ3) is 8.89. The molecule has 240 valence electrons. The van der Waals surface area contributed by atoms with Gasteiger partial charge in [-0.05, 0) is 60.4 Å². The van der Waals surface area contributed by atoms with Gasteiger partial charge >= 0.3 is 6.09 Å². The number of hydrogen-bond donors (Lipinski definition) is 3. The maximum absolute atomic E-state index is 13.9. The molecular weight excluding hydrogens is 586 g/mol. The summed E-state index contributed by atoms with van der Waals surface area (Å²) in [4.78, 5) is 41.8. The molecule has 3 aromatic carbocycles. The Labute approximate surface area is 270 Å². The zero-order valence-electron chi connectivity index (χ0n) is 27.0. The molecule has 45 heavy (non-hydrogen) atoms. The van der Waals surface area contributed by atoms with Crippen molar-refractivity contribution in [3.05, 3.63) is 107 Å². The number of hydrogen-bond acceptors (Lipinski definition) is 6. The summed E-state index contributed by atoms with van der Waals surface area (Å²) in [6, 6.07) is 23.2. The Balaban J connectivity index is 1.46. The fraction of sp³-hybridized carbons (Fsp3) is 0.417. The first-order valence-corrected chi connectivity index (χ1v) is 16.3. The van der Waals surface area contributed by atoms with Crippen LogP contribution in [0, 0.1) is 6.92 Å². The van der Waals surface area contributed by atoms with E-state index in [4.69, 9.17) is 4.74 Å². The Hall–Kier alpha value is -3.82. The van der Waals surface area contributed by atoms with Gasteiger partial charge in [0, 0.05) is 11.3 Å². The molecule has 3 aromatic rings. The topological polar surface area (TPSA) is 108 Å². The van der Waals surface area contributed by atoms with Crippen molar-refractivity contribution in [2.24, 2.45) is 0 Å². The van der Waals surface area contributed by atoms with E-state index in [1.807, 2.05) is 99.6 Å². The van der Waals surface area contributed by atoms with Crippen LogP contribution in [0.1, 0.15) is 62.4 Å². The van der Waals surface area contributed by atoms with Gasteiger partial charge in [0.2, 0.25) is 5.91 Å². The molecule has 1 aliphatic rings. The second-order valence-corrected chi connectivity index (χ2v) is 14.7. The van der Waals surface area contributed by atoms with E-state index in [2.05, 4.69) is 31.4 Å². The van der Waals surface area contributed by atoms with Crippen LogP contribution in [0.5, 0.6) is 0 Å². The second-order valence-electron chi connectivity index (χ2n) is 13.1. The lowest BCUT2D eigenvalue weighted by molar-refractivity contribution is -0.147. The maximum Gasteiger partial charge on any atom is 0.407 e. The Bertz CT molecular complexity index is 1470. The summed E-state index contributed by atoms with van der Waals surface area (Å²) in [5.41, 5.74) is 4.88. The van der Waals surface area contributed by atoms with Gasteiger partial charge in [-0.15, -0.1) is 11.8 Å². The number of aryl methyl sites for hydroxylation is 1. The number of carbonyl (C=O) groups excluding carboxylic acids is 3. The summed E-state index contributed by atoms with van der Waals surface area (Å²) in [7, 11) is 0. The Kier molecular flexibility index (Phi) is 11.0. The first kappa shape index (κ1) is 34.1. The first-order valence-electron chi connectivity index (χ1n) is 15.3. The van der Waals surface area contributed by atoms with Crippen LogP contribution in [0.25, 0.3) is 0 Å². The molecule has 3 N–H and O–H groups in total. The molecule has 3 atom stereocenters. The van der Waals surface area contributed by atoms with Crippen molar-refractivity contribution in [2.75, 3.05) is 5.88 Å². The van der Waals surface area contributed by atoms with Crippen LogP contribution in [-0.2, 0) is 39.3 Å². The molecule has 1 saturated heterocycles. The van der Waals surface area contributed by atoms with Gasteiger partial charge < -0.3 is 25.4 Å². The average molecular weight is 632 g/mol.